The summed E-state index contributed by atoms with van der Waals surface area (Å²) in [6.45, 7) is 6.92. The number of hydrogen-bond donors (Lipinski definition) is 2. The Bertz CT molecular complexity index is 701. The van der Waals surface area contributed by atoms with Gasteiger partial charge in [0.2, 0.25) is 20.0 Å². The van der Waals surface area contributed by atoms with Crippen molar-refractivity contribution in [2.45, 2.75) is 32.6 Å². The van der Waals surface area contributed by atoms with E-state index in [0.717, 1.165) is 0 Å². The Morgan fingerprint density at radius 2 is 1.70 bits per heavy atom. The van der Waals surface area contributed by atoms with Crippen LogP contribution in [0, 0.1) is 12.3 Å². The van der Waals surface area contributed by atoms with E-state index < -0.39 is 25.5 Å². The summed E-state index contributed by atoms with van der Waals surface area (Å²) in [4.78, 5) is -0.0894. The number of hydrogen-bond acceptors (Lipinski definition) is 4. The molecule has 0 spiro atoms. The molecule has 1 aromatic carbocycles. The Labute approximate surface area is 120 Å². The van der Waals surface area contributed by atoms with E-state index in [1.165, 1.54) is 25.1 Å². The molecule has 20 heavy (non-hydrogen) atoms. The van der Waals surface area contributed by atoms with Crippen molar-refractivity contribution >= 4 is 25.7 Å². The number of nitrogens with one attached hydrogen (secondary N) is 1. The standard InChI is InChI=1S/C12H20N2O4S2/c1-9-10(6-5-7-11(9)20(13,17)18)14-19(15,16)8-12(2,3)4/h5-7,14H,8H2,1-4H3,(H2,13,17,18). The van der Waals surface area contributed by atoms with Crippen LogP contribution in [0.2, 0.25) is 0 Å². The van der Waals surface area contributed by atoms with E-state index in [1.807, 2.05) is 0 Å². The van der Waals surface area contributed by atoms with Crippen LogP contribution in [0.5, 0.6) is 0 Å². The molecule has 1 rings (SSSR count). The average Bonchev–Trinajstić information content (AvgIpc) is 2.15. The van der Waals surface area contributed by atoms with Gasteiger partial charge < -0.3 is 0 Å². The van der Waals surface area contributed by atoms with Gasteiger partial charge in [-0.05, 0) is 30.0 Å². The summed E-state index contributed by atoms with van der Waals surface area (Å²) in [5, 5.41) is 5.09. The Balaban J connectivity index is 3.19. The highest BCUT2D eigenvalue weighted by Gasteiger charge is 2.23. The molecule has 0 amide bonds. The lowest BCUT2D eigenvalue weighted by atomic mass is 10.0. The van der Waals surface area contributed by atoms with Gasteiger partial charge in [0.1, 0.15) is 0 Å². The van der Waals surface area contributed by atoms with E-state index in [4.69, 9.17) is 5.14 Å². The Morgan fingerprint density at radius 1 is 1.15 bits per heavy atom. The summed E-state index contributed by atoms with van der Waals surface area (Å²) in [6.07, 6.45) is 0. The van der Waals surface area contributed by atoms with Crippen molar-refractivity contribution in [2.75, 3.05) is 10.5 Å². The summed E-state index contributed by atoms with van der Waals surface area (Å²) in [5.41, 5.74) is 0.102. The molecule has 0 aliphatic carbocycles. The van der Waals surface area contributed by atoms with Gasteiger partial charge in [0.25, 0.3) is 0 Å². The summed E-state index contributed by atoms with van der Waals surface area (Å²) in [6, 6.07) is 4.29. The van der Waals surface area contributed by atoms with Crippen LogP contribution in [0.15, 0.2) is 23.1 Å². The first kappa shape index (κ1) is 16.9. The van der Waals surface area contributed by atoms with E-state index in [2.05, 4.69) is 4.72 Å². The molecule has 114 valence electrons. The van der Waals surface area contributed by atoms with Crippen molar-refractivity contribution in [1.29, 1.82) is 0 Å². The molecule has 1 aromatic rings. The normalized spacial score (nSPS) is 13.2. The average molecular weight is 320 g/mol. The summed E-state index contributed by atoms with van der Waals surface area (Å²) in [5.74, 6) is -0.0704. The van der Waals surface area contributed by atoms with E-state index in [-0.39, 0.29) is 21.9 Å². The quantitative estimate of drug-likeness (QED) is 0.875. The highest BCUT2D eigenvalue weighted by atomic mass is 32.2. The van der Waals surface area contributed by atoms with Crippen molar-refractivity contribution in [3.8, 4) is 0 Å². The zero-order chi connectivity index (χ0) is 15.8. The molecule has 0 aliphatic heterocycles. The van der Waals surface area contributed by atoms with Gasteiger partial charge in [0.15, 0.2) is 0 Å². The monoisotopic (exact) mass is 320 g/mol. The molecule has 0 unspecified atom stereocenters. The van der Waals surface area contributed by atoms with Gasteiger partial charge in [-0.3, -0.25) is 4.72 Å². The molecule has 0 fully saturated rings. The minimum absolute atomic E-state index is 0.0704. The van der Waals surface area contributed by atoms with Crippen LogP contribution in [0.1, 0.15) is 26.3 Å². The third-order valence-corrected chi connectivity index (χ3v) is 5.31. The predicted octanol–water partition coefficient (Wildman–Crippen LogP) is 1.43. The van der Waals surface area contributed by atoms with Gasteiger partial charge in [-0.2, -0.15) is 0 Å². The van der Waals surface area contributed by atoms with Crippen LogP contribution < -0.4 is 9.86 Å². The SMILES string of the molecule is Cc1c(NS(=O)(=O)CC(C)(C)C)cccc1S(N)(=O)=O. The van der Waals surface area contributed by atoms with E-state index >= 15 is 0 Å². The second-order valence-corrected chi connectivity index (χ2v) is 9.15. The first-order valence-corrected chi connectivity index (χ1v) is 9.15. The molecule has 6 nitrogen and oxygen atoms in total. The van der Waals surface area contributed by atoms with Crippen LogP contribution in [0.4, 0.5) is 5.69 Å². The lowest BCUT2D eigenvalue weighted by Crippen LogP contribution is -2.26. The zero-order valence-electron chi connectivity index (χ0n) is 12.0. The first-order chi connectivity index (χ1) is 8.82. The van der Waals surface area contributed by atoms with Gasteiger partial charge in [-0.1, -0.05) is 26.8 Å². The van der Waals surface area contributed by atoms with Gasteiger partial charge >= 0.3 is 0 Å². The first-order valence-electron chi connectivity index (χ1n) is 5.95. The van der Waals surface area contributed by atoms with E-state index in [1.54, 1.807) is 20.8 Å². The van der Waals surface area contributed by atoms with Crippen LogP contribution >= 0.6 is 0 Å². The van der Waals surface area contributed by atoms with Crippen molar-refractivity contribution in [2.24, 2.45) is 10.6 Å². The smallest absolute Gasteiger partial charge is 0.238 e. The molecule has 0 aromatic heterocycles. The summed E-state index contributed by atoms with van der Waals surface area (Å²) >= 11 is 0. The molecular weight excluding hydrogens is 300 g/mol. The van der Waals surface area contributed by atoms with Crippen LogP contribution in [-0.2, 0) is 20.0 Å². The summed E-state index contributed by atoms with van der Waals surface area (Å²) < 4.78 is 49.3. The molecule has 0 atom stereocenters. The predicted molar refractivity (Wildman–Crippen MR) is 79.4 cm³/mol. The van der Waals surface area contributed by atoms with Gasteiger partial charge in [-0.25, -0.2) is 22.0 Å². The third-order valence-electron chi connectivity index (χ3n) is 2.48. The molecule has 3 N–H and O–H groups in total. The van der Waals surface area contributed by atoms with Gasteiger partial charge in [0.05, 0.1) is 16.3 Å². The topological polar surface area (TPSA) is 106 Å². The lowest BCUT2D eigenvalue weighted by molar-refractivity contribution is 0.463. The maximum absolute atomic E-state index is 12.0. The van der Waals surface area contributed by atoms with Crippen molar-refractivity contribution < 1.29 is 16.8 Å². The highest BCUT2D eigenvalue weighted by Crippen LogP contribution is 2.24. The molecule has 0 heterocycles. The lowest BCUT2D eigenvalue weighted by Gasteiger charge is -2.20. The number of benzene rings is 1. The molecule has 0 saturated carbocycles. The molecular formula is C12H20N2O4S2. The number of nitrogens with two attached hydrogens (primary N) is 1. The molecule has 0 radical (unpaired) electrons. The molecule has 0 aliphatic rings. The highest BCUT2D eigenvalue weighted by molar-refractivity contribution is 7.92. The molecule has 0 saturated heterocycles. The minimum atomic E-state index is -3.88. The number of anilines is 1. The zero-order valence-corrected chi connectivity index (χ0v) is 13.6. The van der Waals surface area contributed by atoms with E-state index in [0.29, 0.717) is 0 Å². The Morgan fingerprint density at radius 3 is 2.15 bits per heavy atom. The maximum Gasteiger partial charge on any atom is 0.238 e. The number of sulfonamides is 2. The second-order valence-electron chi connectivity index (χ2n) is 5.90. The van der Waals surface area contributed by atoms with Gasteiger partial charge in [-0.15, -0.1) is 0 Å². The van der Waals surface area contributed by atoms with Gasteiger partial charge in [0, 0.05) is 0 Å². The third kappa shape index (κ3) is 4.77. The fourth-order valence-corrected chi connectivity index (χ4v) is 4.38. The Hall–Kier alpha value is -1.12. The van der Waals surface area contributed by atoms with Crippen molar-refractivity contribution in [3.63, 3.8) is 0 Å². The molecule has 0 bridgehead atoms. The fourth-order valence-electron chi connectivity index (χ4n) is 1.81. The van der Waals surface area contributed by atoms with E-state index in [9.17, 15) is 16.8 Å². The van der Waals surface area contributed by atoms with Crippen LogP contribution in [0.3, 0.4) is 0 Å². The number of primary sulfonamides is 1. The largest absolute Gasteiger partial charge is 0.283 e. The maximum atomic E-state index is 12.0. The van der Waals surface area contributed by atoms with Crippen LogP contribution in [0.25, 0.3) is 0 Å². The molecule has 8 heteroatoms. The minimum Gasteiger partial charge on any atom is -0.283 e. The van der Waals surface area contributed by atoms with Crippen molar-refractivity contribution in [3.05, 3.63) is 23.8 Å². The van der Waals surface area contributed by atoms with Crippen molar-refractivity contribution in [1.82, 2.24) is 0 Å². The summed E-state index contributed by atoms with van der Waals surface area (Å²) in [7, 11) is -7.44. The fraction of sp³-hybridized carbons (Fsp3) is 0.500. The Kier molecular flexibility index (Phi) is 4.52. The van der Waals surface area contributed by atoms with Crippen LogP contribution in [-0.4, -0.2) is 22.6 Å². The second kappa shape index (κ2) is 5.34. The number of rotatable bonds is 4.